The Labute approximate surface area is 179 Å². The van der Waals surface area contributed by atoms with Gasteiger partial charge in [0.25, 0.3) is 0 Å². The van der Waals surface area contributed by atoms with Crippen molar-refractivity contribution in [2.24, 2.45) is 0 Å². The molecule has 1 amide bonds. The number of phenols is 2. The fourth-order valence-electron chi connectivity index (χ4n) is 5.25. The molecular formula is C25H29BNO3+. The van der Waals surface area contributed by atoms with Crippen molar-refractivity contribution in [3.63, 3.8) is 0 Å². The average molecular weight is 402 g/mol. The average Bonchev–Trinajstić information content (AvgIpc) is 2.95. The zero-order valence-electron chi connectivity index (χ0n) is 17.8. The zero-order valence-corrected chi connectivity index (χ0v) is 17.8. The zero-order chi connectivity index (χ0) is 21.5. The van der Waals surface area contributed by atoms with Crippen molar-refractivity contribution in [2.75, 3.05) is 6.54 Å². The highest BCUT2D eigenvalue weighted by Gasteiger charge is 2.48. The molecule has 0 bridgehead atoms. The Hall–Kier alpha value is -2.53. The minimum atomic E-state index is -0.0784. The molecule has 2 radical (unpaired) electrons. The van der Waals surface area contributed by atoms with E-state index in [-0.39, 0.29) is 27.8 Å². The number of carbonyl (C=O) groups is 1. The summed E-state index contributed by atoms with van der Waals surface area (Å²) in [5.41, 5.74) is 4.46. The van der Waals surface area contributed by atoms with Crippen LogP contribution in [0.5, 0.6) is 11.5 Å². The Kier molecular flexibility index (Phi) is 5.50. The number of amides is 1. The molecule has 4 nitrogen and oxygen atoms in total. The van der Waals surface area contributed by atoms with E-state index >= 15 is 0 Å². The number of fused-ring (bicyclic) bond motifs is 1. The Morgan fingerprint density at radius 3 is 2.70 bits per heavy atom. The first-order valence-electron chi connectivity index (χ1n) is 10.9. The second-order valence-electron chi connectivity index (χ2n) is 8.89. The van der Waals surface area contributed by atoms with Gasteiger partial charge in [-0.05, 0) is 44.2 Å². The maximum absolute atomic E-state index is 13.7. The molecule has 4 rings (SSSR count). The SMILES string of the molecule is [B]c1ccccc1C[N+]1(CCC)Cc2cc(O)c(C3C=C(C)CCC3)c(O)c2C1=O. The number of phenolic OH excluding ortho intramolecular Hbond substituents is 2. The second-order valence-corrected chi connectivity index (χ2v) is 8.89. The molecule has 2 N–H and O–H groups in total. The number of hydrogen-bond donors (Lipinski definition) is 2. The Morgan fingerprint density at radius 2 is 2.00 bits per heavy atom. The van der Waals surface area contributed by atoms with Crippen LogP contribution in [0.4, 0.5) is 0 Å². The van der Waals surface area contributed by atoms with Gasteiger partial charge in [-0.2, -0.15) is 0 Å². The van der Waals surface area contributed by atoms with Crippen molar-refractivity contribution < 1.29 is 19.5 Å². The highest BCUT2D eigenvalue weighted by Crippen LogP contribution is 2.47. The Balaban J connectivity index is 1.78. The van der Waals surface area contributed by atoms with E-state index < -0.39 is 0 Å². The minimum Gasteiger partial charge on any atom is -0.507 e. The third kappa shape index (κ3) is 3.45. The smallest absolute Gasteiger partial charge is 0.350 e. The highest BCUT2D eigenvalue weighted by molar-refractivity contribution is 6.33. The first-order valence-corrected chi connectivity index (χ1v) is 10.9. The molecule has 0 fully saturated rings. The van der Waals surface area contributed by atoms with E-state index in [1.54, 1.807) is 6.07 Å². The van der Waals surface area contributed by atoms with Crippen molar-refractivity contribution in [3.05, 3.63) is 64.2 Å². The summed E-state index contributed by atoms with van der Waals surface area (Å²) in [7, 11) is 6.18. The van der Waals surface area contributed by atoms with Gasteiger partial charge in [0.1, 0.15) is 38.0 Å². The van der Waals surface area contributed by atoms with E-state index in [9.17, 15) is 15.0 Å². The standard InChI is InChI=1S/C25H28BNO3/c1-3-11-27(14-18-8-4-5-10-20(18)26)15-19-13-21(28)22(24(29)23(19)25(27)30)17-9-6-7-16(2)12-17/h4-5,8,10,12-13,17H,3,6-7,9,11,14-15H2,1-2H3,(H-,28,29,30)/p+1. The molecule has 0 aromatic heterocycles. The molecule has 1 aliphatic heterocycles. The molecule has 0 spiro atoms. The molecule has 30 heavy (non-hydrogen) atoms. The first-order chi connectivity index (χ1) is 14.4. The summed E-state index contributed by atoms with van der Waals surface area (Å²) < 4.78 is 0.191. The van der Waals surface area contributed by atoms with Crippen LogP contribution in [-0.4, -0.2) is 35.0 Å². The van der Waals surface area contributed by atoms with Crippen LogP contribution in [-0.2, 0) is 13.1 Å². The molecule has 2 atom stereocenters. The molecule has 2 aromatic carbocycles. The van der Waals surface area contributed by atoms with E-state index in [1.807, 2.05) is 24.3 Å². The van der Waals surface area contributed by atoms with Gasteiger partial charge >= 0.3 is 5.91 Å². The van der Waals surface area contributed by atoms with Gasteiger partial charge in [-0.25, -0.2) is 9.28 Å². The highest BCUT2D eigenvalue weighted by atomic mass is 16.3. The van der Waals surface area contributed by atoms with E-state index in [1.165, 1.54) is 5.57 Å². The fourth-order valence-corrected chi connectivity index (χ4v) is 5.25. The third-order valence-electron chi connectivity index (χ3n) is 6.64. The van der Waals surface area contributed by atoms with Crippen LogP contribution < -0.4 is 5.46 Å². The molecule has 154 valence electrons. The number of hydrogen-bond acceptors (Lipinski definition) is 3. The summed E-state index contributed by atoms with van der Waals surface area (Å²) >= 11 is 0. The van der Waals surface area contributed by atoms with Crippen molar-refractivity contribution >= 4 is 19.2 Å². The lowest BCUT2D eigenvalue weighted by Gasteiger charge is -2.32. The van der Waals surface area contributed by atoms with E-state index in [4.69, 9.17) is 7.85 Å². The van der Waals surface area contributed by atoms with E-state index in [0.717, 1.165) is 36.8 Å². The summed E-state index contributed by atoms with van der Waals surface area (Å²) in [6.45, 7) is 5.72. The van der Waals surface area contributed by atoms with Gasteiger partial charge in [-0.1, -0.05) is 48.3 Å². The quantitative estimate of drug-likeness (QED) is 0.448. The summed E-state index contributed by atoms with van der Waals surface area (Å²) in [4.78, 5) is 13.7. The number of allylic oxidation sites excluding steroid dienone is 2. The van der Waals surface area contributed by atoms with E-state index in [2.05, 4.69) is 19.9 Å². The summed E-state index contributed by atoms with van der Waals surface area (Å²) in [6.07, 6.45) is 5.86. The lowest BCUT2D eigenvalue weighted by Crippen LogP contribution is -2.48. The number of nitrogens with zero attached hydrogens (tertiary/aromatic N) is 1. The predicted molar refractivity (Wildman–Crippen MR) is 119 cm³/mol. The van der Waals surface area contributed by atoms with Gasteiger partial charge in [0.2, 0.25) is 0 Å². The summed E-state index contributed by atoms with van der Waals surface area (Å²) in [5, 5.41) is 22.0. The van der Waals surface area contributed by atoms with Crippen molar-refractivity contribution in [1.82, 2.24) is 0 Å². The van der Waals surface area contributed by atoms with Crippen LogP contribution >= 0.6 is 0 Å². The minimum absolute atomic E-state index is 0.0388. The van der Waals surface area contributed by atoms with Gasteiger partial charge in [0.05, 0.1) is 6.54 Å². The number of benzene rings is 2. The monoisotopic (exact) mass is 402 g/mol. The lowest BCUT2D eigenvalue weighted by atomic mass is 9.84. The molecule has 2 unspecified atom stereocenters. The van der Waals surface area contributed by atoms with Crippen LogP contribution in [0.3, 0.4) is 0 Å². The van der Waals surface area contributed by atoms with Crippen molar-refractivity contribution in [2.45, 2.75) is 58.5 Å². The van der Waals surface area contributed by atoms with Gasteiger partial charge in [0, 0.05) is 17.0 Å². The third-order valence-corrected chi connectivity index (χ3v) is 6.64. The van der Waals surface area contributed by atoms with Crippen molar-refractivity contribution in [1.29, 1.82) is 0 Å². The normalized spacial score (nSPS) is 23.3. The van der Waals surface area contributed by atoms with Crippen LogP contribution in [0.1, 0.15) is 72.5 Å². The van der Waals surface area contributed by atoms with Crippen LogP contribution in [0.25, 0.3) is 0 Å². The van der Waals surface area contributed by atoms with Gasteiger partial charge in [-0.15, -0.1) is 0 Å². The second kappa shape index (κ2) is 7.95. The summed E-state index contributed by atoms with van der Waals surface area (Å²) in [6, 6.07) is 9.33. The van der Waals surface area contributed by atoms with Crippen LogP contribution in [0.2, 0.25) is 0 Å². The van der Waals surface area contributed by atoms with Gasteiger partial charge < -0.3 is 10.2 Å². The number of carbonyl (C=O) groups excluding carboxylic acids is 1. The predicted octanol–water partition coefficient (Wildman–Crippen LogP) is 4.19. The number of aromatic hydroxyl groups is 2. The van der Waals surface area contributed by atoms with E-state index in [0.29, 0.717) is 36.2 Å². The molecular weight excluding hydrogens is 373 g/mol. The maximum Gasteiger partial charge on any atom is 0.350 e. The molecule has 2 aliphatic rings. The molecule has 0 saturated heterocycles. The summed E-state index contributed by atoms with van der Waals surface area (Å²) in [5.74, 6) is -0.0885. The fraction of sp³-hybridized carbons (Fsp3) is 0.400. The maximum atomic E-state index is 13.7. The molecule has 1 heterocycles. The molecule has 0 saturated carbocycles. The Morgan fingerprint density at radius 1 is 1.23 bits per heavy atom. The molecule has 1 aliphatic carbocycles. The van der Waals surface area contributed by atoms with Crippen molar-refractivity contribution in [3.8, 4) is 11.5 Å². The van der Waals surface area contributed by atoms with Gasteiger partial charge in [0.15, 0.2) is 0 Å². The number of rotatable bonds is 5. The first kappa shape index (κ1) is 20.7. The lowest BCUT2D eigenvalue weighted by molar-refractivity contribution is -0.871. The Bertz CT molecular complexity index is 1030. The topological polar surface area (TPSA) is 57.5 Å². The van der Waals surface area contributed by atoms with Gasteiger partial charge in [-0.3, -0.25) is 0 Å². The van der Waals surface area contributed by atoms with Crippen LogP contribution in [0, 0.1) is 0 Å². The molecule has 5 heteroatoms. The number of quaternary nitrogens is 1. The molecule has 2 aromatic rings. The van der Waals surface area contributed by atoms with Crippen LogP contribution in [0.15, 0.2) is 42.0 Å². The largest absolute Gasteiger partial charge is 0.507 e.